The minimum atomic E-state index is -0.172. The van der Waals surface area contributed by atoms with Crippen molar-refractivity contribution < 1.29 is 9.84 Å². The molecule has 0 radical (unpaired) electrons. The Balaban J connectivity index is 1.51. The maximum Gasteiger partial charge on any atom is 0.229 e. The molecule has 3 heterocycles. The number of ether oxygens (including phenoxy) is 1. The normalized spacial score (nSPS) is 22.4. The molecule has 4 rings (SSSR count). The van der Waals surface area contributed by atoms with Crippen molar-refractivity contribution >= 4 is 17.5 Å². The predicted octanol–water partition coefficient (Wildman–Crippen LogP) is 4.56. The molecule has 0 atom stereocenters. The molecule has 0 spiro atoms. The molecule has 2 aromatic heterocycles. The lowest BCUT2D eigenvalue weighted by molar-refractivity contribution is 0.126. The van der Waals surface area contributed by atoms with E-state index in [2.05, 4.69) is 46.3 Å². The van der Waals surface area contributed by atoms with Gasteiger partial charge in [-0.2, -0.15) is 4.98 Å². The van der Waals surface area contributed by atoms with Crippen LogP contribution in [-0.4, -0.2) is 63.8 Å². The molecule has 0 unspecified atom stereocenters. The van der Waals surface area contributed by atoms with Crippen LogP contribution in [0, 0.1) is 5.41 Å². The number of pyridine rings is 1. The molecule has 8 heteroatoms. The van der Waals surface area contributed by atoms with Crippen molar-refractivity contribution in [2.24, 2.45) is 5.41 Å². The summed E-state index contributed by atoms with van der Waals surface area (Å²) in [7, 11) is 1.60. The Bertz CT molecular complexity index is 931. The van der Waals surface area contributed by atoms with E-state index in [1.807, 2.05) is 18.3 Å². The molecule has 1 saturated heterocycles. The van der Waals surface area contributed by atoms with E-state index in [0.29, 0.717) is 29.2 Å². The van der Waals surface area contributed by atoms with Crippen LogP contribution in [0.3, 0.4) is 0 Å². The van der Waals surface area contributed by atoms with Crippen molar-refractivity contribution in [1.82, 2.24) is 19.9 Å². The van der Waals surface area contributed by atoms with Gasteiger partial charge in [0.05, 0.1) is 13.2 Å². The van der Waals surface area contributed by atoms with Gasteiger partial charge in [-0.3, -0.25) is 0 Å². The third kappa shape index (κ3) is 6.79. The summed E-state index contributed by atoms with van der Waals surface area (Å²) in [6.07, 6.45) is 9.35. The predicted molar refractivity (Wildman–Crippen MR) is 136 cm³/mol. The van der Waals surface area contributed by atoms with Crippen LogP contribution in [0.2, 0.25) is 0 Å². The van der Waals surface area contributed by atoms with Crippen LogP contribution in [-0.2, 0) is 0 Å². The van der Waals surface area contributed by atoms with E-state index in [1.165, 1.54) is 5.56 Å². The number of methoxy groups -OCH3 is 1. The van der Waals surface area contributed by atoms with E-state index in [1.54, 1.807) is 13.3 Å². The molecule has 0 amide bonds. The summed E-state index contributed by atoms with van der Waals surface area (Å²) in [6, 6.07) is 4.03. The summed E-state index contributed by atoms with van der Waals surface area (Å²) < 4.78 is 5.23. The van der Waals surface area contributed by atoms with E-state index in [9.17, 15) is 5.11 Å². The van der Waals surface area contributed by atoms with E-state index in [-0.39, 0.29) is 6.10 Å². The Morgan fingerprint density at radius 3 is 2.50 bits per heavy atom. The molecule has 2 fully saturated rings. The second kappa shape index (κ2) is 10.9. The largest absolute Gasteiger partial charge is 0.481 e. The van der Waals surface area contributed by atoms with Gasteiger partial charge in [0.15, 0.2) is 0 Å². The Morgan fingerprint density at radius 1 is 1.09 bits per heavy atom. The minimum absolute atomic E-state index is 0.172. The third-order valence-corrected chi connectivity index (χ3v) is 6.78. The molecule has 0 bridgehead atoms. The zero-order chi connectivity index (χ0) is 24.1. The fourth-order valence-corrected chi connectivity index (χ4v) is 5.08. The molecule has 2 aliphatic rings. The summed E-state index contributed by atoms with van der Waals surface area (Å²) in [5.41, 5.74) is 2.36. The first-order chi connectivity index (χ1) is 16.3. The number of likely N-dealkylation sites (tertiary alicyclic amines) is 1. The Kier molecular flexibility index (Phi) is 7.88. The maximum atomic E-state index is 9.92. The summed E-state index contributed by atoms with van der Waals surface area (Å²) in [5, 5.41) is 16.9. The zero-order valence-corrected chi connectivity index (χ0v) is 21.0. The van der Waals surface area contributed by atoms with Crippen LogP contribution in [0.15, 0.2) is 24.5 Å². The number of aliphatic hydroxyl groups is 1. The standard InChI is InChI=1S/C26H40N6O2/c1-26(2,3)17-32-13-10-18(11-14-32)22-16-28-25(30-20-9-12-27-23(15-20)34-4)31-24(22)29-19-5-7-21(33)8-6-19/h9,12,15-16,18-19,21,33H,5-8,10-11,13-14,17H2,1-4H3,(H2,27,28,29,30,31)/t19-,21-. The molecular formula is C26H40N6O2. The molecule has 0 aromatic carbocycles. The average molecular weight is 469 g/mol. The fraction of sp³-hybridized carbons (Fsp3) is 0.654. The quantitative estimate of drug-likeness (QED) is 0.544. The topological polar surface area (TPSA) is 95.4 Å². The van der Waals surface area contributed by atoms with Crippen LogP contribution in [0.5, 0.6) is 5.88 Å². The number of hydrogen-bond acceptors (Lipinski definition) is 8. The van der Waals surface area contributed by atoms with Gasteiger partial charge in [-0.1, -0.05) is 20.8 Å². The third-order valence-electron chi connectivity index (χ3n) is 6.78. The first kappa shape index (κ1) is 24.7. The average Bonchev–Trinajstić information content (AvgIpc) is 2.81. The maximum absolute atomic E-state index is 9.92. The first-order valence-corrected chi connectivity index (χ1v) is 12.6. The molecule has 186 valence electrons. The second-order valence-electron chi connectivity index (χ2n) is 11.0. The van der Waals surface area contributed by atoms with Gasteiger partial charge in [-0.05, 0) is 69.0 Å². The summed E-state index contributed by atoms with van der Waals surface area (Å²) >= 11 is 0. The summed E-state index contributed by atoms with van der Waals surface area (Å²) in [5.74, 6) is 2.47. The molecule has 8 nitrogen and oxygen atoms in total. The van der Waals surface area contributed by atoms with Crippen molar-refractivity contribution in [2.45, 2.75) is 77.4 Å². The molecule has 1 aliphatic heterocycles. The van der Waals surface area contributed by atoms with Gasteiger partial charge in [-0.15, -0.1) is 0 Å². The number of nitrogens with one attached hydrogen (secondary N) is 2. The number of nitrogens with zero attached hydrogens (tertiary/aromatic N) is 4. The van der Waals surface area contributed by atoms with Gasteiger partial charge in [-0.25, -0.2) is 9.97 Å². The monoisotopic (exact) mass is 468 g/mol. The number of hydrogen-bond donors (Lipinski definition) is 3. The van der Waals surface area contributed by atoms with Crippen LogP contribution in [0.4, 0.5) is 17.5 Å². The molecular weight excluding hydrogens is 428 g/mol. The van der Waals surface area contributed by atoms with E-state index in [0.717, 1.165) is 69.7 Å². The molecule has 1 aliphatic carbocycles. The van der Waals surface area contributed by atoms with Crippen molar-refractivity contribution in [3.05, 3.63) is 30.1 Å². The Hall–Kier alpha value is -2.45. The van der Waals surface area contributed by atoms with E-state index in [4.69, 9.17) is 9.72 Å². The lowest BCUT2D eigenvalue weighted by Crippen LogP contribution is -2.38. The van der Waals surface area contributed by atoms with Gasteiger partial charge < -0.3 is 25.4 Å². The highest BCUT2D eigenvalue weighted by Crippen LogP contribution is 2.35. The van der Waals surface area contributed by atoms with E-state index >= 15 is 0 Å². The molecule has 34 heavy (non-hydrogen) atoms. The fourth-order valence-electron chi connectivity index (χ4n) is 5.08. The number of rotatable bonds is 7. The minimum Gasteiger partial charge on any atom is -0.481 e. The number of aromatic nitrogens is 3. The van der Waals surface area contributed by atoms with Crippen molar-refractivity contribution in [2.75, 3.05) is 37.4 Å². The smallest absolute Gasteiger partial charge is 0.229 e. The van der Waals surface area contributed by atoms with Crippen molar-refractivity contribution in [3.8, 4) is 5.88 Å². The first-order valence-electron chi connectivity index (χ1n) is 12.6. The van der Waals surface area contributed by atoms with Crippen molar-refractivity contribution in [3.63, 3.8) is 0 Å². The highest BCUT2D eigenvalue weighted by molar-refractivity contribution is 5.57. The van der Waals surface area contributed by atoms with Gasteiger partial charge in [0.2, 0.25) is 11.8 Å². The number of piperidine rings is 1. The van der Waals surface area contributed by atoms with Gasteiger partial charge in [0.25, 0.3) is 0 Å². The SMILES string of the molecule is COc1cc(Nc2ncc(C3CCN(CC(C)(C)C)CC3)c(N[C@H]3CC[C@H](O)CC3)n2)ccn1. The number of aliphatic hydroxyl groups excluding tert-OH is 1. The summed E-state index contributed by atoms with van der Waals surface area (Å²) in [6.45, 7) is 10.3. The molecule has 2 aromatic rings. The zero-order valence-electron chi connectivity index (χ0n) is 21.0. The molecule has 3 N–H and O–H groups in total. The van der Waals surface area contributed by atoms with Crippen LogP contribution < -0.4 is 15.4 Å². The Labute approximate surface area is 203 Å². The summed E-state index contributed by atoms with van der Waals surface area (Å²) in [4.78, 5) is 16.3. The molecule has 1 saturated carbocycles. The van der Waals surface area contributed by atoms with Crippen molar-refractivity contribution in [1.29, 1.82) is 0 Å². The van der Waals surface area contributed by atoms with Gasteiger partial charge >= 0.3 is 0 Å². The lowest BCUT2D eigenvalue weighted by Gasteiger charge is -2.36. The van der Waals surface area contributed by atoms with Gasteiger partial charge in [0.1, 0.15) is 5.82 Å². The second-order valence-corrected chi connectivity index (χ2v) is 11.0. The van der Waals surface area contributed by atoms with Gasteiger partial charge in [0, 0.05) is 42.3 Å². The van der Waals surface area contributed by atoms with Crippen LogP contribution in [0.1, 0.15) is 70.8 Å². The van der Waals surface area contributed by atoms with Crippen LogP contribution >= 0.6 is 0 Å². The number of anilines is 3. The Morgan fingerprint density at radius 2 is 1.82 bits per heavy atom. The van der Waals surface area contributed by atoms with E-state index < -0.39 is 0 Å². The van der Waals surface area contributed by atoms with Crippen LogP contribution in [0.25, 0.3) is 0 Å². The highest BCUT2D eigenvalue weighted by atomic mass is 16.5. The highest BCUT2D eigenvalue weighted by Gasteiger charge is 2.28. The lowest BCUT2D eigenvalue weighted by atomic mass is 9.88.